The van der Waals surface area contributed by atoms with Crippen molar-refractivity contribution in [3.05, 3.63) is 24.3 Å². The molecule has 0 spiro atoms. The minimum Gasteiger partial charge on any atom is -0.330 e. The lowest BCUT2D eigenvalue weighted by Gasteiger charge is -1.99. The van der Waals surface area contributed by atoms with Crippen molar-refractivity contribution in [2.24, 2.45) is 5.73 Å². The van der Waals surface area contributed by atoms with Crippen molar-refractivity contribution in [2.45, 2.75) is 84.0 Å². The maximum absolute atomic E-state index is 5.47. The van der Waals surface area contributed by atoms with Gasteiger partial charge in [-0.2, -0.15) is 0 Å². The van der Waals surface area contributed by atoms with Crippen molar-refractivity contribution in [1.29, 1.82) is 0 Å². The third kappa shape index (κ3) is 17.4. The van der Waals surface area contributed by atoms with Gasteiger partial charge in [0, 0.05) is 0 Å². The van der Waals surface area contributed by atoms with Gasteiger partial charge in [0.25, 0.3) is 0 Å². The summed E-state index contributed by atoms with van der Waals surface area (Å²) in [4.78, 5) is 0. The van der Waals surface area contributed by atoms with Crippen LogP contribution in [0.5, 0.6) is 0 Å². The van der Waals surface area contributed by atoms with Gasteiger partial charge < -0.3 is 5.73 Å². The van der Waals surface area contributed by atoms with Crippen molar-refractivity contribution in [2.75, 3.05) is 6.54 Å². The number of allylic oxidation sites excluding steroid dienone is 4. The van der Waals surface area contributed by atoms with Crippen molar-refractivity contribution in [3.63, 3.8) is 0 Å². The molecule has 0 rings (SSSR count). The van der Waals surface area contributed by atoms with E-state index in [1.54, 1.807) is 0 Å². The van der Waals surface area contributed by atoms with E-state index >= 15 is 0 Å². The van der Waals surface area contributed by atoms with Gasteiger partial charge in [-0.15, -0.1) is 0 Å². The van der Waals surface area contributed by atoms with Gasteiger partial charge in [0.15, 0.2) is 0 Å². The highest BCUT2D eigenvalue weighted by atomic mass is 14.5. The van der Waals surface area contributed by atoms with Crippen LogP contribution in [0.1, 0.15) is 84.0 Å². The maximum Gasteiger partial charge on any atom is -0.00773 e. The molecule has 1 heteroatoms. The van der Waals surface area contributed by atoms with Crippen molar-refractivity contribution >= 4 is 0 Å². The van der Waals surface area contributed by atoms with E-state index in [1.165, 1.54) is 77.0 Å². The van der Waals surface area contributed by atoms with Gasteiger partial charge in [0.05, 0.1) is 0 Å². The smallest absolute Gasteiger partial charge is 0.00773 e. The first kappa shape index (κ1) is 18.4. The average molecular weight is 265 g/mol. The van der Waals surface area contributed by atoms with E-state index in [0.717, 1.165) is 6.54 Å². The highest BCUT2D eigenvalue weighted by Crippen LogP contribution is 2.08. The molecule has 0 heterocycles. The molecular formula is C18H35N. The first-order valence-electron chi connectivity index (χ1n) is 8.43. The maximum atomic E-state index is 5.47. The number of nitrogens with two attached hydrogens (primary N) is 1. The first-order chi connectivity index (χ1) is 9.41. The number of rotatable bonds is 14. The molecule has 0 radical (unpaired) electrons. The fourth-order valence-corrected chi connectivity index (χ4v) is 2.15. The van der Waals surface area contributed by atoms with Gasteiger partial charge in [-0.3, -0.25) is 0 Å². The standard InChI is InChI=1S/C18H35N/c1-2-3-4-5-6-7-8-9-10-11-12-13-14-15-16-17-18-19/h6-9H,2-5,10-19H2,1H3/b7-6-,9-8+. The fraction of sp³-hybridized carbons (Fsp3) is 0.778. The average Bonchev–Trinajstić information content (AvgIpc) is 2.43. The lowest BCUT2D eigenvalue weighted by Crippen LogP contribution is -1.97. The molecule has 2 N–H and O–H groups in total. The van der Waals surface area contributed by atoms with Crippen molar-refractivity contribution < 1.29 is 0 Å². The van der Waals surface area contributed by atoms with Gasteiger partial charge in [-0.1, -0.05) is 76.2 Å². The molecule has 0 amide bonds. The second-order valence-electron chi connectivity index (χ2n) is 5.40. The van der Waals surface area contributed by atoms with Crippen LogP contribution < -0.4 is 5.73 Å². The van der Waals surface area contributed by atoms with Crippen LogP contribution in [0.3, 0.4) is 0 Å². The molecule has 0 fully saturated rings. The number of unbranched alkanes of at least 4 members (excludes halogenated alkanes) is 10. The highest BCUT2D eigenvalue weighted by Gasteiger charge is 1.90. The third-order valence-corrected chi connectivity index (χ3v) is 3.43. The summed E-state index contributed by atoms with van der Waals surface area (Å²) >= 11 is 0. The van der Waals surface area contributed by atoms with Crippen LogP contribution in [-0.2, 0) is 0 Å². The van der Waals surface area contributed by atoms with E-state index in [9.17, 15) is 0 Å². The lowest BCUT2D eigenvalue weighted by atomic mass is 10.1. The van der Waals surface area contributed by atoms with Crippen LogP contribution in [0, 0.1) is 0 Å². The van der Waals surface area contributed by atoms with Gasteiger partial charge in [0.2, 0.25) is 0 Å². The van der Waals surface area contributed by atoms with Crippen molar-refractivity contribution in [3.8, 4) is 0 Å². The quantitative estimate of drug-likeness (QED) is 0.314. The molecular weight excluding hydrogens is 230 g/mol. The van der Waals surface area contributed by atoms with Gasteiger partial charge in [0.1, 0.15) is 0 Å². The van der Waals surface area contributed by atoms with Crippen LogP contribution in [0.4, 0.5) is 0 Å². The molecule has 0 unspecified atom stereocenters. The molecule has 0 aromatic carbocycles. The number of hydrogen-bond acceptors (Lipinski definition) is 1. The van der Waals surface area contributed by atoms with Crippen LogP contribution in [-0.4, -0.2) is 6.54 Å². The molecule has 0 bridgehead atoms. The van der Waals surface area contributed by atoms with E-state index < -0.39 is 0 Å². The van der Waals surface area contributed by atoms with Crippen LogP contribution in [0.15, 0.2) is 24.3 Å². The molecule has 0 saturated heterocycles. The summed E-state index contributed by atoms with van der Waals surface area (Å²) < 4.78 is 0. The van der Waals surface area contributed by atoms with Gasteiger partial charge in [-0.25, -0.2) is 0 Å². The summed E-state index contributed by atoms with van der Waals surface area (Å²) in [7, 11) is 0. The SMILES string of the molecule is CCCCC/C=C\C=C\CCCCCCCCCN. The molecule has 112 valence electrons. The lowest BCUT2D eigenvalue weighted by molar-refractivity contribution is 0.584. The number of hydrogen-bond donors (Lipinski definition) is 1. The first-order valence-corrected chi connectivity index (χ1v) is 8.43. The van der Waals surface area contributed by atoms with E-state index in [0.29, 0.717) is 0 Å². The second-order valence-corrected chi connectivity index (χ2v) is 5.40. The topological polar surface area (TPSA) is 26.0 Å². The Kier molecular flexibility index (Phi) is 16.9. The molecule has 19 heavy (non-hydrogen) atoms. The Hall–Kier alpha value is -0.560. The molecule has 0 aliphatic heterocycles. The summed E-state index contributed by atoms with van der Waals surface area (Å²) in [5.74, 6) is 0. The van der Waals surface area contributed by atoms with Crippen LogP contribution in [0.2, 0.25) is 0 Å². The fourth-order valence-electron chi connectivity index (χ4n) is 2.15. The summed E-state index contributed by atoms with van der Waals surface area (Å²) in [6.45, 7) is 3.11. The predicted octanol–water partition coefficient (Wildman–Crippen LogP) is 5.76. The van der Waals surface area contributed by atoms with Gasteiger partial charge >= 0.3 is 0 Å². The minimum absolute atomic E-state index is 0.858. The second kappa shape index (κ2) is 17.4. The monoisotopic (exact) mass is 265 g/mol. The summed E-state index contributed by atoms with van der Waals surface area (Å²) in [6.07, 6.45) is 24.9. The largest absolute Gasteiger partial charge is 0.330 e. The van der Waals surface area contributed by atoms with E-state index in [-0.39, 0.29) is 0 Å². The molecule has 1 nitrogen and oxygen atoms in total. The van der Waals surface area contributed by atoms with E-state index in [2.05, 4.69) is 31.2 Å². The van der Waals surface area contributed by atoms with Crippen LogP contribution >= 0.6 is 0 Å². The normalized spacial score (nSPS) is 11.9. The zero-order valence-electron chi connectivity index (χ0n) is 13.1. The van der Waals surface area contributed by atoms with Gasteiger partial charge in [-0.05, 0) is 38.6 Å². The Morgan fingerprint density at radius 1 is 0.632 bits per heavy atom. The zero-order chi connectivity index (χ0) is 14.0. The Balaban J connectivity index is 3.12. The molecule has 0 aromatic rings. The Bertz CT molecular complexity index is 206. The van der Waals surface area contributed by atoms with Crippen molar-refractivity contribution in [1.82, 2.24) is 0 Å². The van der Waals surface area contributed by atoms with Crippen LogP contribution in [0.25, 0.3) is 0 Å². The van der Waals surface area contributed by atoms with E-state index in [1.807, 2.05) is 0 Å². The summed E-state index contributed by atoms with van der Waals surface area (Å²) in [6, 6.07) is 0. The molecule has 0 atom stereocenters. The molecule has 0 saturated carbocycles. The molecule has 0 aliphatic carbocycles. The highest BCUT2D eigenvalue weighted by molar-refractivity contribution is 5.02. The Morgan fingerprint density at radius 2 is 1.11 bits per heavy atom. The zero-order valence-corrected chi connectivity index (χ0v) is 13.1. The summed E-state index contributed by atoms with van der Waals surface area (Å²) in [5, 5.41) is 0. The minimum atomic E-state index is 0.858. The predicted molar refractivity (Wildman–Crippen MR) is 88.4 cm³/mol. The Morgan fingerprint density at radius 3 is 1.63 bits per heavy atom. The Labute approximate surface area is 121 Å². The molecule has 0 aliphatic rings. The van der Waals surface area contributed by atoms with E-state index in [4.69, 9.17) is 5.73 Å². The summed E-state index contributed by atoms with van der Waals surface area (Å²) in [5.41, 5.74) is 5.47. The molecule has 0 aromatic heterocycles. The third-order valence-electron chi connectivity index (χ3n) is 3.43.